The molecule has 2 atom stereocenters. The molecular formula is C25H23O-. The van der Waals surface area contributed by atoms with Gasteiger partial charge in [-0.3, -0.25) is 0 Å². The van der Waals surface area contributed by atoms with E-state index in [2.05, 4.69) is 60.7 Å². The van der Waals surface area contributed by atoms with Crippen molar-refractivity contribution >= 4 is 0 Å². The molecule has 4 rings (SSSR count). The monoisotopic (exact) mass is 339 g/mol. The van der Waals surface area contributed by atoms with Gasteiger partial charge in [0, 0.05) is 5.92 Å². The predicted octanol–water partition coefficient (Wildman–Crippen LogP) is 5.56. The van der Waals surface area contributed by atoms with Gasteiger partial charge in [-0.25, -0.2) is 6.07 Å². The molecule has 26 heavy (non-hydrogen) atoms. The fraction of sp³-hybridized carbons (Fsp3) is 0.160. The Kier molecular flexibility index (Phi) is 4.64. The van der Waals surface area contributed by atoms with Crippen molar-refractivity contribution in [2.75, 3.05) is 0 Å². The first-order valence-corrected chi connectivity index (χ1v) is 9.17. The molecule has 1 N–H and O–H groups in total. The fourth-order valence-electron chi connectivity index (χ4n) is 3.97. The minimum absolute atomic E-state index is 0.0222. The van der Waals surface area contributed by atoms with Crippen molar-refractivity contribution in [1.82, 2.24) is 0 Å². The first kappa shape index (κ1) is 16.7. The van der Waals surface area contributed by atoms with Crippen LogP contribution in [0.2, 0.25) is 0 Å². The van der Waals surface area contributed by atoms with E-state index >= 15 is 0 Å². The van der Waals surface area contributed by atoms with Crippen molar-refractivity contribution in [3.63, 3.8) is 0 Å². The highest BCUT2D eigenvalue weighted by atomic mass is 16.3. The third kappa shape index (κ3) is 3.18. The molecule has 2 unspecified atom stereocenters. The zero-order chi connectivity index (χ0) is 17.8. The van der Waals surface area contributed by atoms with Gasteiger partial charge >= 0.3 is 0 Å². The Morgan fingerprint density at radius 1 is 0.846 bits per heavy atom. The lowest BCUT2D eigenvalue weighted by atomic mass is 9.73. The van der Waals surface area contributed by atoms with E-state index in [1.807, 2.05) is 48.6 Å². The molecule has 130 valence electrons. The summed E-state index contributed by atoms with van der Waals surface area (Å²) in [5.74, 6) is 0.116. The zero-order valence-corrected chi connectivity index (χ0v) is 14.7. The molecule has 3 aromatic rings. The Bertz CT molecular complexity index is 862. The van der Waals surface area contributed by atoms with E-state index in [0.29, 0.717) is 6.42 Å². The van der Waals surface area contributed by atoms with Gasteiger partial charge in [-0.2, -0.15) is 23.8 Å². The Labute approximate surface area is 155 Å². The highest BCUT2D eigenvalue weighted by molar-refractivity contribution is 5.37. The summed E-state index contributed by atoms with van der Waals surface area (Å²) in [5.41, 5.74) is 2.49. The van der Waals surface area contributed by atoms with Crippen molar-refractivity contribution in [2.24, 2.45) is 5.92 Å². The maximum absolute atomic E-state index is 11.9. The first-order chi connectivity index (χ1) is 12.8. The molecule has 0 spiro atoms. The zero-order valence-electron chi connectivity index (χ0n) is 14.7. The average Bonchev–Trinajstić information content (AvgIpc) is 3.41. The van der Waals surface area contributed by atoms with E-state index in [9.17, 15) is 5.11 Å². The largest absolute Gasteiger partial charge is 0.384 e. The van der Waals surface area contributed by atoms with Gasteiger partial charge in [-0.15, -0.1) is 0 Å². The average molecular weight is 339 g/mol. The van der Waals surface area contributed by atoms with Crippen LogP contribution in [0.4, 0.5) is 0 Å². The molecule has 0 radical (unpaired) electrons. The lowest BCUT2D eigenvalue weighted by molar-refractivity contribution is -0.00124. The van der Waals surface area contributed by atoms with Gasteiger partial charge in [0.2, 0.25) is 0 Å². The summed E-state index contributed by atoms with van der Waals surface area (Å²) in [6.45, 7) is 0. The van der Waals surface area contributed by atoms with Crippen LogP contribution >= 0.6 is 0 Å². The van der Waals surface area contributed by atoms with Gasteiger partial charge in [0.25, 0.3) is 0 Å². The molecule has 0 amide bonds. The minimum Gasteiger partial charge on any atom is -0.384 e. The second-order valence-corrected chi connectivity index (χ2v) is 6.97. The normalized spacial score (nSPS) is 17.3. The van der Waals surface area contributed by atoms with Crippen molar-refractivity contribution in [2.45, 2.75) is 17.9 Å². The molecule has 0 saturated carbocycles. The molecule has 1 nitrogen and oxygen atoms in total. The number of allylic oxidation sites excluding steroid dienone is 2. The standard InChI is InChI=1S/C25H23O/c26-25(23-17-9-10-18-23,22-15-5-2-6-16-22)19-24(21-13-7-8-14-21)20-11-3-1-4-12-20/h1-18,23-24,26H,19H2/q-1. The summed E-state index contributed by atoms with van der Waals surface area (Å²) < 4.78 is 0. The quantitative estimate of drug-likeness (QED) is 0.583. The summed E-state index contributed by atoms with van der Waals surface area (Å²) >= 11 is 0. The van der Waals surface area contributed by atoms with Crippen molar-refractivity contribution in [3.8, 4) is 0 Å². The first-order valence-electron chi connectivity index (χ1n) is 9.17. The molecular weight excluding hydrogens is 316 g/mol. The summed E-state index contributed by atoms with van der Waals surface area (Å²) in [6, 6.07) is 29.0. The Morgan fingerprint density at radius 2 is 1.50 bits per heavy atom. The predicted molar refractivity (Wildman–Crippen MR) is 107 cm³/mol. The van der Waals surface area contributed by atoms with E-state index in [0.717, 1.165) is 5.56 Å². The summed E-state index contributed by atoms with van der Waals surface area (Å²) in [5, 5.41) is 11.9. The molecule has 0 fully saturated rings. The molecule has 0 saturated heterocycles. The van der Waals surface area contributed by atoms with Gasteiger partial charge in [0.15, 0.2) is 0 Å². The number of benzene rings is 2. The summed E-state index contributed by atoms with van der Waals surface area (Å²) in [4.78, 5) is 0. The van der Waals surface area contributed by atoms with Crippen molar-refractivity contribution in [1.29, 1.82) is 0 Å². The summed E-state index contributed by atoms with van der Waals surface area (Å²) in [7, 11) is 0. The molecule has 0 aliphatic heterocycles. The number of aliphatic hydroxyl groups is 1. The molecule has 0 heterocycles. The smallest absolute Gasteiger partial charge is 0.0992 e. The van der Waals surface area contributed by atoms with E-state index in [1.165, 1.54) is 11.1 Å². The van der Waals surface area contributed by atoms with Gasteiger partial charge in [0.1, 0.15) is 0 Å². The Balaban J connectivity index is 1.78. The number of hydrogen-bond donors (Lipinski definition) is 1. The second-order valence-electron chi connectivity index (χ2n) is 6.97. The maximum Gasteiger partial charge on any atom is 0.0992 e. The lowest BCUT2D eigenvalue weighted by Gasteiger charge is -2.38. The van der Waals surface area contributed by atoms with Crippen LogP contribution in [0.3, 0.4) is 0 Å². The maximum atomic E-state index is 11.9. The molecule has 0 bridgehead atoms. The van der Waals surface area contributed by atoms with Crippen LogP contribution < -0.4 is 0 Å². The minimum atomic E-state index is -0.956. The van der Waals surface area contributed by atoms with Crippen LogP contribution in [0.1, 0.15) is 29.0 Å². The lowest BCUT2D eigenvalue weighted by Crippen LogP contribution is -2.35. The highest BCUT2D eigenvalue weighted by Gasteiger charge is 2.38. The van der Waals surface area contributed by atoms with E-state index in [-0.39, 0.29) is 11.8 Å². The van der Waals surface area contributed by atoms with Gasteiger partial charge in [-0.1, -0.05) is 90.5 Å². The van der Waals surface area contributed by atoms with Crippen LogP contribution in [0.15, 0.2) is 109 Å². The van der Waals surface area contributed by atoms with Crippen molar-refractivity contribution in [3.05, 3.63) is 126 Å². The number of hydrogen-bond acceptors (Lipinski definition) is 1. The highest BCUT2D eigenvalue weighted by Crippen LogP contribution is 2.43. The topological polar surface area (TPSA) is 20.2 Å². The van der Waals surface area contributed by atoms with Crippen LogP contribution in [0.25, 0.3) is 0 Å². The Morgan fingerprint density at radius 3 is 2.12 bits per heavy atom. The van der Waals surface area contributed by atoms with Gasteiger partial charge < -0.3 is 5.11 Å². The third-order valence-corrected chi connectivity index (χ3v) is 5.38. The molecule has 1 aliphatic rings. The van der Waals surface area contributed by atoms with Crippen LogP contribution in [0.5, 0.6) is 0 Å². The third-order valence-electron chi connectivity index (χ3n) is 5.38. The molecule has 1 heteroatoms. The van der Waals surface area contributed by atoms with E-state index in [1.54, 1.807) is 0 Å². The molecule has 3 aromatic carbocycles. The summed E-state index contributed by atoms with van der Waals surface area (Å²) in [6.07, 6.45) is 8.88. The van der Waals surface area contributed by atoms with Crippen LogP contribution in [0, 0.1) is 5.92 Å². The SMILES string of the molecule is OC(CC(c1ccccc1)c1cc[cH-]c1)(c1ccccc1)C1C=CC=C1. The molecule has 0 aromatic heterocycles. The van der Waals surface area contributed by atoms with E-state index in [4.69, 9.17) is 0 Å². The molecule has 1 aliphatic carbocycles. The van der Waals surface area contributed by atoms with Gasteiger partial charge in [0.05, 0.1) is 5.60 Å². The van der Waals surface area contributed by atoms with E-state index < -0.39 is 5.60 Å². The number of rotatable bonds is 6. The van der Waals surface area contributed by atoms with Crippen LogP contribution in [-0.2, 0) is 5.60 Å². The fourth-order valence-corrected chi connectivity index (χ4v) is 3.97. The van der Waals surface area contributed by atoms with Crippen molar-refractivity contribution < 1.29 is 5.11 Å². The van der Waals surface area contributed by atoms with Gasteiger partial charge in [-0.05, 0) is 17.9 Å². The Hall–Kier alpha value is -2.77. The van der Waals surface area contributed by atoms with Crippen LogP contribution in [-0.4, -0.2) is 5.11 Å². The second kappa shape index (κ2) is 7.23.